The van der Waals surface area contributed by atoms with Crippen LogP contribution in [-0.4, -0.2) is 17.7 Å². The van der Waals surface area contributed by atoms with E-state index >= 15 is 0 Å². The van der Waals surface area contributed by atoms with Crippen LogP contribution in [0.25, 0.3) is 0 Å². The number of primary amides is 1. The van der Waals surface area contributed by atoms with Gasteiger partial charge in [0.2, 0.25) is 0 Å². The lowest BCUT2D eigenvalue weighted by atomic mass is 10.2. The quantitative estimate of drug-likeness (QED) is 0.768. The summed E-state index contributed by atoms with van der Waals surface area (Å²) in [7, 11) is 0. The van der Waals surface area contributed by atoms with Crippen LogP contribution < -0.4 is 10.6 Å². The van der Waals surface area contributed by atoms with E-state index in [0.717, 1.165) is 6.42 Å². The van der Waals surface area contributed by atoms with Crippen molar-refractivity contribution in [3.63, 3.8) is 0 Å². The number of rotatable bonds is 3. The molecule has 0 unspecified atom stereocenters. The van der Waals surface area contributed by atoms with Crippen molar-refractivity contribution in [2.45, 2.75) is 13.3 Å². The van der Waals surface area contributed by atoms with Gasteiger partial charge in [0.1, 0.15) is 5.75 Å². The number of urea groups is 1. The summed E-state index contributed by atoms with van der Waals surface area (Å²) >= 11 is 0. The number of phenolic OH excluding ortho intramolecular Hbond substituents is 1. The molecular weight excluding hydrogens is 180 g/mol. The first-order valence-electron chi connectivity index (χ1n) is 4.51. The Bertz CT molecular complexity index is 326. The van der Waals surface area contributed by atoms with Gasteiger partial charge in [-0.05, 0) is 18.6 Å². The Balaban J connectivity index is 2.99. The molecule has 4 nitrogen and oxygen atoms in total. The van der Waals surface area contributed by atoms with Gasteiger partial charge in [0, 0.05) is 6.54 Å². The predicted octanol–water partition coefficient (Wildman–Crippen LogP) is 1.69. The SMILES string of the molecule is CCCN(C(N)=O)c1ccccc1O. The average molecular weight is 194 g/mol. The first-order valence-corrected chi connectivity index (χ1v) is 4.51. The van der Waals surface area contributed by atoms with Gasteiger partial charge in [0.25, 0.3) is 0 Å². The molecule has 2 amide bonds. The van der Waals surface area contributed by atoms with Crippen LogP contribution in [0.3, 0.4) is 0 Å². The van der Waals surface area contributed by atoms with Gasteiger partial charge in [0.05, 0.1) is 5.69 Å². The highest BCUT2D eigenvalue weighted by Gasteiger charge is 2.13. The van der Waals surface area contributed by atoms with E-state index in [-0.39, 0.29) is 5.75 Å². The number of hydrogen-bond acceptors (Lipinski definition) is 2. The van der Waals surface area contributed by atoms with Crippen molar-refractivity contribution in [1.29, 1.82) is 0 Å². The minimum atomic E-state index is -0.548. The molecule has 0 saturated heterocycles. The lowest BCUT2D eigenvalue weighted by Crippen LogP contribution is -2.36. The van der Waals surface area contributed by atoms with E-state index in [9.17, 15) is 9.90 Å². The zero-order valence-electron chi connectivity index (χ0n) is 8.10. The molecule has 76 valence electrons. The van der Waals surface area contributed by atoms with Gasteiger partial charge < -0.3 is 10.8 Å². The van der Waals surface area contributed by atoms with Gasteiger partial charge in [-0.3, -0.25) is 4.90 Å². The lowest BCUT2D eigenvalue weighted by Gasteiger charge is -2.20. The van der Waals surface area contributed by atoms with Gasteiger partial charge in [0.15, 0.2) is 0 Å². The van der Waals surface area contributed by atoms with E-state index in [1.54, 1.807) is 18.2 Å². The molecule has 0 atom stereocenters. The maximum Gasteiger partial charge on any atom is 0.319 e. The molecule has 0 spiro atoms. The number of phenols is 1. The first-order chi connectivity index (χ1) is 6.66. The Kier molecular flexibility index (Phi) is 3.34. The highest BCUT2D eigenvalue weighted by Crippen LogP contribution is 2.26. The summed E-state index contributed by atoms with van der Waals surface area (Å²) in [6.45, 7) is 2.45. The minimum Gasteiger partial charge on any atom is -0.506 e. The molecule has 14 heavy (non-hydrogen) atoms. The standard InChI is InChI=1S/C10H14N2O2/c1-2-7-12(10(11)14)8-5-3-4-6-9(8)13/h3-6,13H,2,7H2,1H3,(H2,11,14). The minimum absolute atomic E-state index is 0.0692. The molecule has 1 aromatic carbocycles. The van der Waals surface area contributed by atoms with Crippen LogP contribution in [0.4, 0.5) is 10.5 Å². The summed E-state index contributed by atoms with van der Waals surface area (Å²) in [4.78, 5) is 12.4. The van der Waals surface area contributed by atoms with Gasteiger partial charge in [-0.1, -0.05) is 19.1 Å². The van der Waals surface area contributed by atoms with Crippen LogP contribution in [0, 0.1) is 0 Å². The smallest absolute Gasteiger partial charge is 0.319 e. The molecule has 0 fully saturated rings. The van der Waals surface area contributed by atoms with Gasteiger partial charge >= 0.3 is 6.03 Å². The Morgan fingerprint density at radius 2 is 2.14 bits per heavy atom. The topological polar surface area (TPSA) is 66.6 Å². The summed E-state index contributed by atoms with van der Waals surface area (Å²) in [5, 5.41) is 9.51. The van der Waals surface area contributed by atoms with Crippen LogP contribution >= 0.6 is 0 Å². The van der Waals surface area contributed by atoms with E-state index in [1.165, 1.54) is 11.0 Å². The highest BCUT2D eigenvalue weighted by atomic mass is 16.3. The summed E-state index contributed by atoms with van der Waals surface area (Å²) in [6, 6.07) is 6.09. The maximum absolute atomic E-state index is 11.1. The number of nitrogens with zero attached hydrogens (tertiary/aromatic N) is 1. The lowest BCUT2D eigenvalue weighted by molar-refractivity contribution is 0.253. The van der Waals surface area contributed by atoms with Crippen molar-refractivity contribution in [3.8, 4) is 5.75 Å². The van der Waals surface area contributed by atoms with Crippen molar-refractivity contribution in [3.05, 3.63) is 24.3 Å². The zero-order chi connectivity index (χ0) is 10.6. The maximum atomic E-state index is 11.1. The van der Waals surface area contributed by atoms with Crippen LogP contribution in [0.5, 0.6) is 5.75 Å². The number of amides is 2. The molecular formula is C10H14N2O2. The molecule has 0 radical (unpaired) electrons. The van der Waals surface area contributed by atoms with Crippen molar-refractivity contribution in [1.82, 2.24) is 0 Å². The predicted molar refractivity (Wildman–Crippen MR) is 55.3 cm³/mol. The molecule has 0 aliphatic carbocycles. The zero-order valence-corrected chi connectivity index (χ0v) is 8.10. The van der Waals surface area contributed by atoms with Crippen LogP contribution in [0.15, 0.2) is 24.3 Å². The van der Waals surface area contributed by atoms with E-state index < -0.39 is 6.03 Å². The third kappa shape index (κ3) is 2.16. The van der Waals surface area contributed by atoms with E-state index in [4.69, 9.17) is 5.73 Å². The van der Waals surface area contributed by atoms with Crippen molar-refractivity contribution < 1.29 is 9.90 Å². The van der Waals surface area contributed by atoms with E-state index in [1.807, 2.05) is 6.92 Å². The molecule has 3 N–H and O–H groups in total. The number of anilines is 1. The Morgan fingerprint density at radius 1 is 1.50 bits per heavy atom. The largest absolute Gasteiger partial charge is 0.506 e. The second kappa shape index (κ2) is 4.50. The number of carbonyl (C=O) groups excluding carboxylic acids is 1. The average Bonchev–Trinajstić information content (AvgIpc) is 2.15. The van der Waals surface area contributed by atoms with Crippen LogP contribution in [0.1, 0.15) is 13.3 Å². The summed E-state index contributed by atoms with van der Waals surface area (Å²) < 4.78 is 0. The number of carbonyl (C=O) groups is 1. The molecule has 0 aromatic heterocycles. The monoisotopic (exact) mass is 194 g/mol. The Hall–Kier alpha value is -1.71. The number of benzene rings is 1. The van der Waals surface area contributed by atoms with Gasteiger partial charge in [-0.2, -0.15) is 0 Å². The van der Waals surface area contributed by atoms with Gasteiger partial charge in [-0.15, -0.1) is 0 Å². The first kappa shape index (κ1) is 10.4. The summed E-state index contributed by atoms with van der Waals surface area (Å²) in [5.41, 5.74) is 5.66. The van der Waals surface area contributed by atoms with Crippen LogP contribution in [0.2, 0.25) is 0 Å². The molecule has 0 saturated carbocycles. The normalized spacial score (nSPS) is 9.79. The highest BCUT2D eigenvalue weighted by molar-refractivity contribution is 5.92. The summed E-state index contributed by atoms with van der Waals surface area (Å²) in [6.07, 6.45) is 0.789. The fourth-order valence-electron chi connectivity index (χ4n) is 1.27. The molecule has 0 heterocycles. The Morgan fingerprint density at radius 3 is 2.64 bits per heavy atom. The van der Waals surface area contributed by atoms with Crippen molar-refractivity contribution >= 4 is 11.7 Å². The molecule has 4 heteroatoms. The molecule has 1 rings (SSSR count). The third-order valence-corrected chi connectivity index (χ3v) is 1.89. The van der Waals surface area contributed by atoms with Crippen molar-refractivity contribution in [2.75, 3.05) is 11.4 Å². The molecule has 0 aliphatic rings. The van der Waals surface area contributed by atoms with E-state index in [2.05, 4.69) is 0 Å². The Labute approximate surface area is 82.9 Å². The second-order valence-electron chi connectivity index (χ2n) is 2.98. The van der Waals surface area contributed by atoms with Gasteiger partial charge in [-0.25, -0.2) is 4.79 Å². The number of para-hydroxylation sites is 2. The molecule has 0 aliphatic heterocycles. The molecule has 0 bridgehead atoms. The number of nitrogens with two attached hydrogens (primary N) is 1. The summed E-state index contributed by atoms with van der Waals surface area (Å²) in [5.74, 6) is 0.0692. The number of hydrogen-bond donors (Lipinski definition) is 2. The fourth-order valence-corrected chi connectivity index (χ4v) is 1.27. The fraction of sp³-hybridized carbons (Fsp3) is 0.300. The molecule has 1 aromatic rings. The van der Waals surface area contributed by atoms with Crippen LogP contribution in [-0.2, 0) is 0 Å². The van der Waals surface area contributed by atoms with E-state index in [0.29, 0.717) is 12.2 Å². The third-order valence-electron chi connectivity index (χ3n) is 1.89. The second-order valence-corrected chi connectivity index (χ2v) is 2.98. The number of aromatic hydroxyl groups is 1. The van der Waals surface area contributed by atoms with Crippen molar-refractivity contribution in [2.24, 2.45) is 5.73 Å².